The molecule has 3 aliphatic heterocycles. The molecule has 76 heavy (non-hydrogen) atoms. The van der Waals surface area contributed by atoms with Crippen LogP contribution in [-0.2, 0) is 29.2 Å². The summed E-state index contributed by atoms with van der Waals surface area (Å²) < 4.78 is 0. The third-order valence-electron chi connectivity index (χ3n) is 13.7. The van der Waals surface area contributed by atoms with Gasteiger partial charge >= 0.3 is 42.1 Å². The Labute approximate surface area is 463 Å². The normalized spacial score (nSPS) is 15.5. The van der Waals surface area contributed by atoms with Crippen molar-refractivity contribution in [1.82, 2.24) is 15.0 Å². The summed E-state index contributed by atoms with van der Waals surface area (Å²) in [5.74, 6) is 0. The molecule has 12 rings (SSSR count). The van der Waals surface area contributed by atoms with Crippen LogP contribution in [0.1, 0.15) is 69.7 Å². The van der Waals surface area contributed by atoms with E-state index >= 15 is 0 Å². The van der Waals surface area contributed by atoms with E-state index < -0.39 is 13.0 Å². The standard InChI is InChI=1S/3C22H18N2.3ClH.Ru/c3*1-3-9-18(10-4-1)22(19-11-5-2-6-12-19)14-16-24-21(17-22)20-13-7-8-15-23-20;;;;/h3*1-16H,17H2;3*1H;/q;;;;;;+3/p-3. The van der Waals surface area contributed by atoms with E-state index in [2.05, 4.69) is 230 Å². The van der Waals surface area contributed by atoms with E-state index in [0.717, 1.165) is 53.5 Å². The fraction of sp³-hybridized carbons (Fsp3) is 0.0909. The van der Waals surface area contributed by atoms with Crippen LogP contribution in [-0.4, -0.2) is 32.1 Å². The third-order valence-corrected chi connectivity index (χ3v) is 13.7. The molecule has 9 aromatic rings. The van der Waals surface area contributed by atoms with Crippen molar-refractivity contribution in [2.45, 2.75) is 35.5 Å². The molecule has 0 aliphatic carbocycles. The summed E-state index contributed by atoms with van der Waals surface area (Å²) >= 11 is -1.75. The van der Waals surface area contributed by atoms with Crippen molar-refractivity contribution in [1.29, 1.82) is 0 Å². The van der Waals surface area contributed by atoms with Crippen LogP contribution in [0.3, 0.4) is 0 Å². The van der Waals surface area contributed by atoms with Crippen molar-refractivity contribution in [2.75, 3.05) is 0 Å². The number of hydrogen-bond donors (Lipinski definition) is 0. The summed E-state index contributed by atoms with van der Waals surface area (Å²) in [6, 6.07) is 81.7. The number of allylic oxidation sites excluding steroid dienone is 3. The topological polar surface area (TPSA) is 75.8 Å². The van der Waals surface area contributed by atoms with Crippen LogP contribution in [0.25, 0.3) is 0 Å². The van der Waals surface area contributed by atoms with Gasteiger partial charge in [-0.15, -0.1) is 0 Å². The van der Waals surface area contributed by atoms with Crippen molar-refractivity contribution in [2.24, 2.45) is 15.0 Å². The minimum atomic E-state index is -1.75. The van der Waals surface area contributed by atoms with Crippen LogP contribution >= 0.6 is 29.1 Å². The molecule has 0 fully saturated rings. The average Bonchev–Trinajstić information content (AvgIpc) is 3.52. The Kier molecular flexibility index (Phi) is 18.5. The second-order valence-corrected chi connectivity index (χ2v) is 26.0. The molecule has 377 valence electrons. The molecule has 0 spiro atoms. The zero-order valence-corrected chi connectivity index (χ0v) is 45.5. The Morgan fingerprint density at radius 2 is 0.474 bits per heavy atom. The van der Waals surface area contributed by atoms with Gasteiger partial charge in [-0.3, -0.25) is 29.9 Å². The van der Waals surface area contributed by atoms with Crippen LogP contribution in [0.2, 0.25) is 0 Å². The summed E-state index contributed by atoms with van der Waals surface area (Å²) in [6.45, 7) is 0. The quantitative estimate of drug-likeness (QED) is 0.135. The zero-order chi connectivity index (χ0) is 52.3. The average molecular weight is 1140 g/mol. The molecule has 0 amide bonds. The molecule has 0 unspecified atom stereocenters. The fourth-order valence-corrected chi connectivity index (χ4v) is 10.0. The first-order chi connectivity index (χ1) is 37.4. The van der Waals surface area contributed by atoms with Gasteiger partial charge in [-0.2, -0.15) is 0 Å². The second kappa shape index (κ2) is 26.3. The van der Waals surface area contributed by atoms with Gasteiger partial charge in [-0.05, 0) is 69.8 Å². The number of nitrogens with zero attached hydrogens (tertiary/aromatic N) is 6. The Morgan fingerprint density at radius 3 is 0.658 bits per heavy atom. The van der Waals surface area contributed by atoms with Crippen LogP contribution in [0.15, 0.2) is 307 Å². The molecular weight excluding hydrogens is 1080 g/mol. The van der Waals surface area contributed by atoms with E-state index in [-0.39, 0.29) is 16.2 Å². The molecule has 0 saturated heterocycles. The Hall–Kier alpha value is -7.51. The molecule has 3 aromatic heterocycles. The number of hydrogen-bond acceptors (Lipinski definition) is 6. The Balaban J connectivity index is 0.000000134. The van der Waals surface area contributed by atoms with Crippen molar-refractivity contribution in [3.8, 4) is 0 Å². The fourth-order valence-electron chi connectivity index (χ4n) is 10.0. The van der Waals surface area contributed by atoms with Crippen LogP contribution in [0.4, 0.5) is 0 Å². The van der Waals surface area contributed by atoms with Gasteiger partial charge in [0, 0.05) is 72.7 Å². The molecule has 6 heterocycles. The molecule has 10 heteroatoms. The van der Waals surface area contributed by atoms with Gasteiger partial charge in [0.25, 0.3) is 0 Å². The van der Waals surface area contributed by atoms with Gasteiger partial charge < -0.3 is 0 Å². The molecule has 0 radical (unpaired) electrons. The Bertz CT molecular complexity index is 2920. The minimum absolute atomic E-state index is 0.211. The Morgan fingerprint density at radius 1 is 0.276 bits per heavy atom. The first kappa shape index (κ1) is 53.3. The molecule has 0 bridgehead atoms. The predicted octanol–water partition coefficient (Wildman–Crippen LogP) is 16.4. The third kappa shape index (κ3) is 12.9. The van der Waals surface area contributed by atoms with Gasteiger partial charge in [-0.1, -0.05) is 218 Å². The van der Waals surface area contributed by atoms with E-state index in [0.29, 0.717) is 0 Å². The molecule has 0 atom stereocenters. The number of pyridine rings is 3. The number of aliphatic imine (C=N–C) groups is 3. The van der Waals surface area contributed by atoms with Gasteiger partial charge in [0.2, 0.25) is 0 Å². The van der Waals surface area contributed by atoms with E-state index in [1.54, 1.807) is 0 Å². The van der Waals surface area contributed by atoms with E-state index in [9.17, 15) is 0 Å². The molecular formula is C66H54Cl3N6Ru. The summed E-state index contributed by atoms with van der Waals surface area (Å²) in [4.78, 5) is 27.3. The van der Waals surface area contributed by atoms with Crippen molar-refractivity contribution < 1.29 is 13.0 Å². The zero-order valence-electron chi connectivity index (χ0n) is 41.5. The van der Waals surface area contributed by atoms with Crippen LogP contribution < -0.4 is 0 Å². The SMILES string of the molecule is C1=CC(c2ccccc2)(c2ccccc2)CC(c2ccccn2)=N1.C1=CC(c2ccccc2)(c2ccccc2)CC(c2ccccn2)=N1.C1=CC(c2ccccc2)(c2ccccc2)CC(c2ccccn2)=N1.[Cl][Ru]([Cl])[Cl]. The van der Waals surface area contributed by atoms with E-state index in [1.165, 1.54) is 33.4 Å². The van der Waals surface area contributed by atoms with Crippen LogP contribution in [0, 0.1) is 0 Å². The molecule has 0 saturated carbocycles. The maximum absolute atomic E-state index is 4.95. The van der Waals surface area contributed by atoms with E-state index in [1.807, 2.05) is 91.8 Å². The summed E-state index contributed by atoms with van der Waals surface area (Å²) in [5, 5.41) is 0. The molecule has 6 aromatic carbocycles. The van der Waals surface area contributed by atoms with Gasteiger partial charge in [0.15, 0.2) is 0 Å². The molecule has 6 nitrogen and oxygen atoms in total. The van der Waals surface area contributed by atoms with Crippen molar-refractivity contribution in [3.63, 3.8) is 0 Å². The van der Waals surface area contributed by atoms with E-state index in [4.69, 9.17) is 29.1 Å². The number of halogens is 3. The molecule has 3 aliphatic rings. The monoisotopic (exact) mass is 1140 g/mol. The summed E-state index contributed by atoms with van der Waals surface area (Å²) in [6.07, 6.45) is 20.3. The first-order valence-electron chi connectivity index (χ1n) is 24.9. The maximum atomic E-state index is 4.95. The number of aromatic nitrogens is 3. The van der Waals surface area contributed by atoms with Gasteiger partial charge in [-0.25, -0.2) is 0 Å². The van der Waals surface area contributed by atoms with Gasteiger partial charge in [0.05, 0.1) is 34.2 Å². The number of benzene rings is 6. The van der Waals surface area contributed by atoms with Crippen molar-refractivity contribution >= 4 is 46.2 Å². The first-order valence-corrected chi connectivity index (χ1v) is 31.6. The summed E-state index contributed by atoms with van der Waals surface area (Å²) in [5.41, 5.74) is 12.9. The number of rotatable bonds is 9. The second-order valence-electron chi connectivity index (χ2n) is 18.1. The molecule has 0 N–H and O–H groups in total. The predicted molar refractivity (Wildman–Crippen MR) is 312 cm³/mol. The van der Waals surface area contributed by atoms with Gasteiger partial charge in [0.1, 0.15) is 0 Å². The van der Waals surface area contributed by atoms with Crippen LogP contribution in [0.5, 0.6) is 0 Å². The van der Waals surface area contributed by atoms with Crippen molar-refractivity contribution in [3.05, 3.63) is 342 Å². The summed E-state index contributed by atoms with van der Waals surface area (Å²) in [7, 11) is 14.8.